The van der Waals surface area contributed by atoms with Crippen molar-refractivity contribution in [1.82, 2.24) is 14.8 Å². The normalized spacial score (nSPS) is 11.2. The zero-order chi connectivity index (χ0) is 26.8. The van der Waals surface area contributed by atoms with Crippen LogP contribution in [-0.4, -0.2) is 26.6 Å². The van der Waals surface area contributed by atoms with Crippen LogP contribution in [0.5, 0.6) is 5.75 Å². The highest BCUT2D eigenvalue weighted by atomic mass is 32.1. The minimum Gasteiger partial charge on any atom is -0.471 e. The molecule has 0 atom stereocenters. The summed E-state index contributed by atoms with van der Waals surface area (Å²) < 4.78 is 34.5. The van der Waals surface area contributed by atoms with Gasteiger partial charge in [-0.1, -0.05) is 48.5 Å². The number of carbonyl (C=O) groups is 2. The summed E-state index contributed by atoms with van der Waals surface area (Å²) in [7, 11) is 0. The minimum atomic E-state index is -2.83. The Bertz CT molecular complexity index is 1650. The van der Waals surface area contributed by atoms with E-state index in [1.54, 1.807) is 36.5 Å². The third-order valence-corrected chi connectivity index (χ3v) is 6.87. The molecule has 0 unspecified atom stereocenters. The maximum absolute atomic E-state index is 13.6. The summed E-state index contributed by atoms with van der Waals surface area (Å²) in [6.07, 6.45) is -1.25. The Hall–Kier alpha value is -4.64. The second kappa shape index (κ2) is 10.4. The van der Waals surface area contributed by atoms with E-state index >= 15 is 0 Å². The summed E-state index contributed by atoms with van der Waals surface area (Å²) in [5.41, 5.74) is 7.27. The summed E-state index contributed by atoms with van der Waals surface area (Å²) in [5, 5.41) is 7.32. The van der Waals surface area contributed by atoms with Gasteiger partial charge in [-0.05, 0) is 41.8 Å². The molecule has 0 fully saturated rings. The fourth-order valence-electron chi connectivity index (χ4n) is 3.95. The van der Waals surface area contributed by atoms with E-state index in [0.717, 1.165) is 16.9 Å². The number of rotatable bonds is 8. The second-order valence-corrected chi connectivity index (χ2v) is 9.34. The maximum atomic E-state index is 13.6. The number of alkyl halides is 2. The molecular weight excluding hydrogens is 512 g/mol. The van der Waals surface area contributed by atoms with Gasteiger partial charge in [0.25, 0.3) is 18.2 Å². The Morgan fingerprint density at radius 3 is 2.55 bits per heavy atom. The third-order valence-electron chi connectivity index (χ3n) is 5.77. The quantitative estimate of drug-likeness (QED) is 0.262. The van der Waals surface area contributed by atoms with Crippen molar-refractivity contribution >= 4 is 39.1 Å². The molecule has 0 saturated heterocycles. The highest BCUT2D eigenvalue weighted by Gasteiger charge is 2.25. The van der Waals surface area contributed by atoms with Gasteiger partial charge in [-0.3, -0.25) is 9.59 Å². The molecule has 0 aliphatic carbocycles. The summed E-state index contributed by atoms with van der Waals surface area (Å²) in [4.78, 5) is 29.7. The SMILES string of the molecule is Cc1ccccc1OCn1ccc(C(=O)Nc2c(C(N)=O)sc3nc(C(F)F)cc(-c4ccccc4)c23)n1. The Labute approximate surface area is 219 Å². The minimum absolute atomic E-state index is 0.00762. The molecule has 0 aliphatic heterocycles. The molecule has 0 radical (unpaired) electrons. The van der Waals surface area contributed by atoms with Crippen LogP contribution in [0.1, 0.15) is 37.8 Å². The van der Waals surface area contributed by atoms with Crippen LogP contribution in [-0.2, 0) is 6.73 Å². The zero-order valence-corrected chi connectivity index (χ0v) is 20.8. The number of amides is 2. The van der Waals surface area contributed by atoms with Crippen molar-refractivity contribution in [3.05, 3.63) is 94.8 Å². The van der Waals surface area contributed by atoms with E-state index in [4.69, 9.17) is 10.5 Å². The number of aromatic nitrogens is 3. The van der Waals surface area contributed by atoms with E-state index in [9.17, 15) is 18.4 Å². The number of ether oxygens (including phenoxy) is 1. The molecule has 38 heavy (non-hydrogen) atoms. The van der Waals surface area contributed by atoms with Gasteiger partial charge in [0.2, 0.25) is 0 Å². The number of nitrogens with one attached hydrogen (secondary N) is 1. The lowest BCUT2D eigenvalue weighted by Gasteiger charge is -2.10. The number of hydrogen-bond acceptors (Lipinski definition) is 6. The van der Waals surface area contributed by atoms with Gasteiger partial charge in [0, 0.05) is 11.6 Å². The van der Waals surface area contributed by atoms with Crippen molar-refractivity contribution in [2.75, 3.05) is 5.32 Å². The van der Waals surface area contributed by atoms with Crippen molar-refractivity contribution in [1.29, 1.82) is 0 Å². The number of hydrogen-bond donors (Lipinski definition) is 2. The number of anilines is 1. The topological polar surface area (TPSA) is 112 Å². The predicted molar refractivity (Wildman–Crippen MR) is 141 cm³/mol. The molecule has 5 aromatic rings. The molecule has 2 aromatic carbocycles. The Balaban J connectivity index is 1.50. The van der Waals surface area contributed by atoms with E-state index in [0.29, 0.717) is 22.3 Å². The molecule has 2 amide bonds. The maximum Gasteiger partial charge on any atom is 0.280 e. The number of nitrogens with zero attached hydrogens (tertiary/aromatic N) is 3. The average Bonchev–Trinajstić information content (AvgIpc) is 3.53. The third kappa shape index (κ3) is 4.96. The molecule has 0 bridgehead atoms. The summed E-state index contributed by atoms with van der Waals surface area (Å²) in [6.45, 7) is 1.99. The highest BCUT2D eigenvalue weighted by molar-refractivity contribution is 7.21. The summed E-state index contributed by atoms with van der Waals surface area (Å²) in [6, 6.07) is 19.1. The number of thiophene rings is 1. The van der Waals surface area contributed by atoms with Crippen LogP contribution in [0, 0.1) is 6.92 Å². The lowest BCUT2D eigenvalue weighted by atomic mass is 10.0. The van der Waals surface area contributed by atoms with Gasteiger partial charge in [0.05, 0.1) is 5.69 Å². The van der Waals surface area contributed by atoms with Crippen LogP contribution < -0.4 is 15.8 Å². The average molecular weight is 534 g/mol. The largest absolute Gasteiger partial charge is 0.471 e. The zero-order valence-electron chi connectivity index (χ0n) is 20.0. The summed E-state index contributed by atoms with van der Waals surface area (Å²) in [5.74, 6) is -0.745. The number of para-hydroxylation sites is 1. The van der Waals surface area contributed by atoms with E-state index in [1.165, 1.54) is 16.8 Å². The van der Waals surface area contributed by atoms with Crippen LogP contribution >= 0.6 is 11.3 Å². The van der Waals surface area contributed by atoms with E-state index in [-0.39, 0.29) is 27.8 Å². The fourth-order valence-corrected chi connectivity index (χ4v) is 4.97. The van der Waals surface area contributed by atoms with Gasteiger partial charge in [0.1, 0.15) is 21.2 Å². The van der Waals surface area contributed by atoms with Crippen LogP contribution in [0.15, 0.2) is 72.9 Å². The Morgan fingerprint density at radius 1 is 1.11 bits per heavy atom. The lowest BCUT2D eigenvalue weighted by molar-refractivity contribution is 0.100. The standard InChI is InChI=1S/C27H21F2N5O3S/c1-15-7-5-6-10-20(15)37-14-34-12-11-18(33-34)26(36)32-22-21-17(16-8-3-2-4-9-16)13-19(24(28)29)31-27(21)38-23(22)25(30)35/h2-13,24H,14H2,1H3,(H2,30,35)(H,32,36). The van der Waals surface area contributed by atoms with Crippen LogP contribution in [0.25, 0.3) is 21.3 Å². The first-order chi connectivity index (χ1) is 18.3. The molecule has 0 aliphatic rings. The van der Waals surface area contributed by atoms with Gasteiger partial charge in [-0.2, -0.15) is 5.10 Å². The molecule has 8 nitrogen and oxygen atoms in total. The first-order valence-corrected chi connectivity index (χ1v) is 12.3. The number of aryl methyl sites for hydroxylation is 1. The Morgan fingerprint density at radius 2 is 1.84 bits per heavy atom. The molecule has 0 saturated carbocycles. The second-order valence-electron chi connectivity index (χ2n) is 8.35. The molecule has 192 valence electrons. The number of halogens is 2. The van der Waals surface area contributed by atoms with Crippen LogP contribution in [0.3, 0.4) is 0 Å². The molecular formula is C27H21F2N5O3S. The van der Waals surface area contributed by atoms with Gasteiger partial charge >= 0.3 is 0 Å². The lowest BCUT2D eigenvalue weighted by Crippen LogP contribution is -2.18. The highest BCUT2D eigenvalue weighted by Crippen LogP contribution is 2.42. The number of carbonyl (C=O) groups excluding carboxylic acids is 2. The first-order valence-electron chi connectivity index (χ1n) is 11.5. The number of benzene rings is 2. The van der Waals surface area contributed by atoms with Gasteiger partial charge in [0.15, 0.2) is 12.4 Å². The van der Waals surface area contributed by atoms with E-state index < -0.39 is 23.9 Å². The molecule has 5 rings (SSSR count). The van der Waals surface area contributed by atoms with E-state index in [1.807, 2.05) is 31.2 Å². The molecule has 3 aromatic heterocycles. The summed E-state index contributed by atoms with van der Waals surface area (Å²) >= 11 is 0.843. The van der Waals surface area contributed by atoms with Crippen molar-refractivity contribution < 1.29 is 23.1 Å². The number of nitrogens with two attached hydrogens (primary N) is 1. The number of primary amides is 1. The Kier molecular flexibility index (Phi) is 6.84. The van der Waals surface area contributed by atoms with Gasteiger partial charge in [-0.25, -0.2) is 18.4 Å². The number of pyridine rings is 1. The molecule has 3 N–H and O–H groups in total. The van der Waals surface area contributed by atoms with Gasteiger partial charge in [-0.15, -0.1) is 11.3 Å². The van der Waals surface area contributed by atoms with Crippen molar-refractivity contribution in [3.8, 4) is 16.9 Å². The van der Waals surface area contributed by atoms with Gasteiger partial charge < -0.3 is 15.8 Å². The molecule has 11 heteroatoms. The van der Waals surface area contributed by atoms with Crippen molar-refractivity contribution in [2.24, 2.45) is 5.73 Å². The van der Waals surface area contributed by atoms with Crippen molar-refractivity contribution in [3.63, 3.8) is 0 Å². The fraction of sp³-hybridized carbons (Fsp3) is 0.111. The smallest absolute Gasteiger partial charge is 0.280 e. The van der Waals surface area contributed by atoms with Crippen molar-refractivity contribution in [2.45, 2.75) is 20.1 Å². The van der Waals surface area contributed by atoms with Crippen LogP contribution in [0.4, 0.5) is 14.5 Å². The predicted octanol–water partition coefficient (Wildman–Crippen LogP) is 5.79. The van der Waals surface area contributed by atoms with E-state index in [2.05, 4.69) is 15.4 Å². The number of fused-ring (bicyclic) bond motifs is 1. The molecule has 3 heterocycles. The van der Waals surface area contributed by atoms with Crippen LogP contribution in [0.2, 0.25) is 0 Å². The monoisotopic (exact) mass is 533 g/mol. The first kappa shape index (κ1) is 25.0. The molecule has 0 spiro atoms.